The summed E-state index contributed by atoms with van der Waals surface area (Å²) in [5.74, 6) is 2.49. The summed E-state index contributed by atoms with van der Waals surface area (Å²) in [5, 5.41) is 0. The van der Waals surface area contributed by atoms with Crippen molar-refractivity contribution in [2.24, 2.45) is 11.3 Å². The molecular formula is C23H30O7. The van der Waals surface area contributed by atoms with Crippen LogP contribution < -0.4 is 14.2 Å². The number of ketones is 1. The van der Waals surface area contributed by atoms with E-state index >= 15 is 0 Å². The van der Waals surface area contributed by atoms with Crippen molar-refractivity contribution in [3.05, 3.63) is 41.4 Å². The van der Waals surface area contributed by atoms with Crippen LogP contribution in [0, 0.1) is 11.3 Å². The van der Waals surface area contributed by atoms with E-state index in [1.165, 1.54) is 7.11 Å². The molecule has 2 aliphatic rings. The fraction of sp³-hybridized carbons (Fsp3) is 0.522. The minimum atomic E-state index is -0.456. The molecule has 0 spiro atoms. The molecule has 0 amide bonds. The van der Waals surface area contributed by atoms with Crippen molar-refractivity contribution in [1.29, 1.82) is 0 Å². The van der Waals surface area contributed by atoms with Crippen molar-refractivity contribution < 1.29 is 33.2 Å². The Morgan fingerprint density at radius 2 is 1.67 bits per heavy atom. The van der Waals surface area contributed by atoms with Crippen molar-refractivity contribution in [2.75, 3.05) is 42.2 Å². The molecule has 1 saturated heterocycles. The number of ether oxygens (including phenoxy) is 6. The molecule has 7 heteroatoms. The van der Waals surface area contributed by atoms with Crippen LogP contribution in [-0.2, 0) is 19.0 Å². The lowest BCUT2D eigenvalue weighted by Gasteiger charge is -2.32. The number of allylic oxidation sites excluding steroid dienone is 2. The van der Waals surface area contributed by atoms with Gasteiger partial charge in [0, 0.05) is 31.3 Å². The largest absolute Gasteiger partial charge is 0.493 e. The fourth-order valence-electron chi connectivity index (χ4n) is 4.42. The van der Waals surface area contributed by atoms with Crippen LogP contribution in [0.2, 0.25) is 0 Å². The maximum absolute atomic E-state index is 12.4. The number of methoxy groups -OCH3 is 5. The Hall–Kier alpha value is -2.67. The Labute approximate surface area is 177 Å². The summed E-state index contributed by atoms with van der Waals surface area (Å²) in [6.07, 6.45) is 4.77. The molecule has 0 radical (unpaired) electrons. The minimum Gasteiger partial charge on any atom is -0.493 e. The quantitative estimate of drug-likeness (QED) is 0.564. The second-order valence-corrected chi connectivity index (χ2v) is 7.51. The summed E-state index contributed by atoms with van der Waals surface area (Å²) >= 11 is 0. The zero-order chi connectivity index (χ0) is 21.9. The summed E-state index contributed by atoms with van der Waals surface area (Å²) in [7, 11) is 7.94. The molecule has 0 unspecified atom stereocenters. The van der Waals surface area contributed by atoms with Gasteiger partial charge in [-0.05, 0) is 31.1 Å². The Morgan fingerprint density at radius 1 is 1.00 bits per heavy atom. The number of hydrogen-bond acceptors (Lipinski definition) is 7. The van der Waals surface area contributed by atoms with E-state index in [1.807, 2.05) is 18.2 Å². The zero-order valence-electron chi connectivity index (χ0n) is 18.4. The predicted octanol–water partition coefficient (Wildman–Crippen LogP) is 3.83. The second-order valence-electron chi connectivity index (χ2n) is 7.51. The van der Waals surface area contributed by atoms with E-state index in [2.05, 4.69) is 6.92 Å². The number of carbonyl (C=O) groups excluding carboxylic acids is 1. The van der Waals surface area contributed by atoms with Gasteiger partial charge >= 0.3 is 0 Å². The Morgan fingerprint density at radius 3 is 2.20 bits per heavy atom. The van der Waals surface area contributed by atoms with Crippen molar-refractivity contribution >= 4 is 5.78 Å². The Bertz CT molecular complexity index is 832. The standard InChI is InChI=1S/C23H30O7/c1-14-21(15-10-17(26-3)22(29-6)18(11-15)27-4)30-20-12-16(24)19(28-5)13-23(14,20)8-7-9-25-2/h10-14,21H,7-9H2,1-6H3/t14-,21-,23-/m0/s1. The van der Waals surface area contributed by atoms with E-state index in [0.717, 1.165) is 18.4 Å². The minimum absolute atomic E-state index is 0.0293. The van der Waals surface area contributed by atoms with Gasteiger partial charge in [-0.2, -0.15) is 0 Å². The van der Waals surface area contributed by atoms with Crippen LogP contribution in [-0.4, -0.2) is 47.9 Å². The molecule has 1 heterocycles. The molecular weight excluding hydrogens is 388 g/mol. The van der Waals surface area contributed by atoms with Gasteiger partial charge in [0.05, 0.1) is 33.9 Å². The van der Waals surface area contributed by atoms with E-state index in [0.29, 0.717) is 35.4 Å². The second kappa shape index (κ2) is 9.00. The van der Waals surface area contributed by atoms with Gasteiger partial charge in [-0.1, -0.05) is 6.92 Å². The highest BCUT2D eigenvalue weighted by Crippen LogP contribution is 2.58. The van der Waals surface area contributed by atoms with Crippen molar-refractivity contribution in [3.8, 4) is 17.2 Å². The van der Waals surface area contributed by atoms with E-state index < -0.39 is 5.41 Å². The molecule has 0 bridgehead atoms. The number of carbonyl (C=O) groups is 1. The third kappa shape index (κ3) is 3.62. The lowest BCUT2D eigenvalue weighted by molar-refractivity contribution is -0.114. The van der Waals surface area contributed by atoms with Gasteiger partial charge in [-0.15, -0.1) is 0 Å². The van der Waals surface area contributed by atoms with Crippen LogP contribution in [0.25, 0.3) is 0 Å². The maximum atomic E-state index is 12.4. The molecule has 0 saturated carbocycles. The highest BCUT2D eigenvalue weighted by atomic mass is 16.5. The van der Waals surface area contributed by atoms with Crippen molar-refractivity contribution in [1.82, 2.24) is 0 Å². The molecule has 1 aromatic rings. The molecule has 30 heavy (non-hydrogen) atoms. The normalized spacial score (nSPS) is 25.1. The molecule has 1 aliphatic heterocycles. The monoisotopic (exact) mass is 418 g/mol. The van der Waals surface area contributed by atoms with E-state index in [1.54, 1.807) is 34.5 Å². The Balaban J connectivity index is 2.06. The summed E-state index contributed by atoms with van der Waals surface area (Å²) in [5.41, 5.74) is 0.432. The van der Waals surface area contributed by atoms with Crippen LogP contribution in [0.4, 0.5) is 0 Å². The highest BCUT2D eigenvalue weighted by Gasteiger charge is 2.53. The predicted molar refractivity (Wildman–Crippen MR) is 111 cm³/mol. The molecule has 164 valence electrons. The lowest BCUT2D eigenvalue weighted by atomic mass is 9.68. The van der Waals surface area contributed by atoms with Gasteiger partial charge in [0.25, 0.3) is 0 Å². The summed E-state index contributed by atoms with van der Waals surface area (Å²) in [6, 6.07) is 3.79. The van der Waals surface area contributed by atoms with Crippen LogP contribution >= 0.6 is 0 Å². The number of rotatable bonds is 9. The van der Waals surface area contributed by atoms with Gasteiger partial charge in [0.1, 0.15) is 11.9 Å². The number of fused-ring (bicyclic) bond motifs is 1. The summed E-state index contributed by atoms with van der Waals surface area (Å²) in [4.78, 5) is 12.4. The molecule has 3 atom stereocenters. The van der Waals surface area contributed by atoms with Crippen LogP contribution in [0.15, 0.2) is 35.8 Å². The van der Waals surface area contributed by atoms with Crippen LogP contribution in [0.5, 0.6) is 17.2 Å². The zero-order valence-corrected chi connectivity index (χ0v) is 18.4. The fourth-order valence-corrected chi connectivity index (χ4v) is 4.42. The lowest BCUT2D eigenvalue weighted by Crippen LogP contribution is -2.30. The first-order valence-electron chi connectivity index (χ1n) is 9.94. The third-order valence-corrected chi connectivity index (χ3v) is 6.05. The number of hydrogen-bond donors (Lipinski definition) is 0. The van der Waals surface area contributed by atoms with Gasteiger partial charge < -0.3 is 28.4 Å². The van der Waals surface area contributed by atoms with Gasteiger partial charge in [-0.3, -0.25) is 4.79 Å². The average molecular weight is 418 g/mol. The first-order valence-corrected chi connectivity index (χ1v) is 9.94. The molecule has 3 rings (SSSR count). The van der Waals surface area contributed by atoms with Crippen LogP contribution in [0.3, 0.4) is 0 Å². The first kappa shape index (κ1) is 22.0. The molecule has 1 aromatic carbocycles. The maximum Gasteiger partial charge on any atom is 0.223 e. The SMILES string of the molecule is COCCC[C@@]12C=C(OC)C(=O)C=C1O[C@H](c1cc(OC)c(OC)c(OC)c1)[C@@H]2C. The average Bonchev–Trinajstić information content (AvgIpc) is 3.03. The van der Waals surface area contributed by atoms with Crippen molar-refractivity contribution in [3.63, 3.8) is 0 Å². The molecule has 1 aliphatic carbocycles. The smallest absolute Gasteiger partial charge is 0.223 e. The van der Waals surface area contributed by atoms with E-state index in [9.17, 15) is 4.79 Å². The molecule has 0 N–H and O–H groups in total. The van der Waals surface area contributed by atoms with E-state index in [4.69, 9.17) is 28.4 Å². The van der Waals surface area contributed by atoms with E-state index in [-0.39, 0.29) is 17.8 Å². The molecule has 7 nitrogen and oxygen atoms in total. The van der Waals surface area contributed by atoms with Gasteiger partial charge in [0.15, 0.2) is 17.3 Å². The highest BCUT2D eigenvalue weighted by molar-refractivity contribution is 6.04. The number of benzene rings is 1. The summed E-state index contributed by atoms with van der Waals surface area (Å²) < 4.78 is 33.5. The summed E-state index contributed by atoms with van der Waals surface area (Å²) in [6.45, 7) is 2.75. The van der Waals surface area contributed by atoms with Crippen LogP contribution in [0.1, 0.15) is 31.4 Å². The molecule has 0 aromatic heterocycles. The Kier molecular flexibility index (Phi) is 6.61. The van der Waals surface area contributed by atoms with Gasteiger partial charge in [0.2, 0.25) is 11.5 Å². The molecule has 1 fully saturated rings. The first-order chi connectivity index (χ1) is 14.4. The topological polar surface area (TPSA) is 72.5 Å². The van der Waals surface area contributed by atoms with Crippen molar-refractivity contribution in [2.45, 2.75) is 25.9 Å². The third-order valence-electron chi connectivity index (χ3n) is 6.05. The van der Waals surface area contributed by atoms with Gasteiger partial charge in [-0.25, -0.2) is 0 Å².